The first kappa shape index (κ1) is 28.1. The summed E-state index contributed by atoms with van der Waals surface area (Å²) in [5.74, 6) is -3.15. The first-order valence-corrected chi connectivity index (χ1v) is 14.2. The van der Waals surface area contributed by atoms with Gasteiger partial charge in [-0.25, -0.2) is 17.8 Å². The molecule has 0 bridgehead atoms. The van der Waals surface area contributed by atoms with Crippen LogP contribution in [-0.4, -0.2) is 56.8 Å². The predicted octanol–water partition coefficient (Wildman–Crippen LogP) is 5.77. The fourth-order valence-electron chi connectivity index (χ4n) is 4.47. The van der Waals surface area contributed by atoms with Gasteiger partial charge in [0.1, 0.15) is 0 Å². The van der Waals surface area contributed by atoms with Gasteiger partial charge in [0.05, 0.1) is 21.0 Å². The van der Waals surface area contributed by atoms with Gasteiger partial charge in [-0.2, -0.15) is 0 Å². The Bertz CT molecular complexity index is 1540. The molecule has 1 atom stereocenters. The predicted molar refractivity (Wildman–Crippen MR) is 145 cm³/mol. The van der Waals surface area contributed by atoms with Gasteiger partial charge in [-0.1, -0.05) is 35.9 Å². The largest absolute Gasteiger partial charge is 0.463 e. The molecule has 1 unspecified atom stereocenters. The second-order valence-corrected chi connectivity index (χ2v) is 11.9. The quantitative estimate of drug-likeness (QED) is 0.408. The fraction of sp³-hybridized carbons (Fsp3) is 0.333. The Morgan fingerprint density at radius 1 is 1.08 bits per heavy atom. The molecule has 1 aromatic heterocycles. The first-order valence-electron chi connectivity index (χ1n) is 12.3. The summed E-state index contributed by atoms with van der Waals surface area (Å²) in [6, 6.07) is 13.5. The maximum Gasteiger partial charge on any atom is 0.439 e. The van der Waals surface area contributed by atoms with Crippen LogP contribution in [0.3, 0.4) is 0 Å². The average Bonchev–Trinajstić information content (AvgIpc) is 3.04. The van der Waals surface area contributed by atoms with Gasteiger partial charge in [0, 0.05) is 48.3 Å². The van der Waals surface area contributed by atoms with E-state index in [1.165, 1.54) is 24.5 Å². The Morgan fingerprint density at radius 3 is 2.49 bits per heavy atom. The van der Waals surface area contributed by atoms with Crippen LogP contribution in [0.2, 0.25) is 0 Å². The zero-order valence-electron chi connectivity index (χ0n) is 21.8. The van der Waals surface area contributed by atoms with Gasteiger partial charge in [0.25, 0.3) is 5.91 Å². The summed E-state index contributed by atoms with van der Waals surface area (Å²) >= 11 is 0. The van der Waals surface area contributed by atoms with Crippen LogP contribution < -0.4 is 10.2 Å². The van der Waals surface area contributed by atoms with Gasteiger partial charge in [-0.05, 0) is 44.0 Å². The van der Waals surface area contributed by atoms with Crippen molar-refractivity contribution in [1.29, 1.82) is 0 Å². The number of carbonyl (C=O) groups is 2. The smallest absolute Gasteiger partial charge is 0.439 e. The van der Waals surface area contributed by atoms with Crippen molar-refractivity contribution >= 4 is 33.2 Å². The summed E-state index contributed by atoms with van der Waals surface area (Å²) < 4.78 is 44.3. The molecule has 0 aliphatic carbocycles. The van der Waals surface area contributed by atoms with Crippen LogP contribution in [0, 0.1) is 13.8 Å². The number of nitrogens with one attached hydrogen (secondary N) is 1. The Hall–Kier alpha value is -3.93. The van der Waals surface area contributed by atoms with Crippen LogP contribution in [0.25, 0.3) is 11.3 Å². The van der Waals surface area contributed by atoms with Crippen molar-refractivity contribution in [2.75, 3.05) is 29.6 Å². The third-order valence-corrected chi connectivity index (χ3v) is 8.18. The number of hydrogen-bond acceptors (Lipinski definition) is 6. The van der Waals surface area contributed by atoms with Crippen LogP contribution in [0.4, 0.5) is 25.1 Å². The molecule has 1 saturated heterocycles. The van der Waals surface area contributed by atoms with Crippen LogP contribution in [-0.2, 0) is 9.73 Å². The Balaban J connectivity index is 1.77. The second-order valence-electron chi connectivity index (χ2n) is 9.59. The molecule has 4 rings (SSSR count). The lowest BCUT2D eigenvalue weighted by atomic mass is 10.0. The highest BCUT2D eigenvalue weighted by molar-refractivity contribution is 7.93. The number of benzene rings is 2. The van der Waals surface area contributed by atoms with Crippen LogP contribution in [0.1, 0.15) is 40.7 Å². The van der Waals surface area contributed by atoms with Crippen molar-refractivity contribution in [3.8, 4) is 11.3 Å². The van der Waals surface area contributed by atoms with E-state index in [0.717, 1.165) is 11.1 Å². The summed E-state index contributed by atoms with van der Waals surface area (Å²) in [6.07, 6.45) is -0.751. The van der Waals surface area contributed by atoms with E-state index in [-0.39, 0.29) is 54.3 Å². The monoisotopic (exact) mass is 557 g/mol. The minimum absolute atomic E-state index is 0.00928. The van der Waals surface area contributed by atoms with E-state index in [9.17, 15) is 22.6 Å². The fourth-order valence-corrected chi connectivity index (χ4v) is 5.55. The molecule has 1 aliphatic heterocycles. The zero-order chi connectivity index (χ0) is 28.4. The van der Waals surface area contributed by atoms with Gasteiger partial charge in [-0.15, -0.1) is 14.6 Å². The average molecular weight is 558 g/mol. The number of aryl methyl sites for hydroxylation is 1. The molecule has 0 radical (unpaired) electrons. The van der Waals surface area contributed by atoms with Crippen LogP contribution in [0.15, 0.2) is 57.8 Å². The molecule has 0 spiro atoms. The minimum Gasteiger partial charge on any atom is -0.463 e. The van der Waals surface area contributed by atoms with E-state index in [4.69, 9.17) is 5.11 Å². The number of carboxylic acid groups (broad SMARTS) is 1. The van der Waals surface area contributed by atoms with E-state index in [1.807, 2.05) is 31.2 Å². The van der Waals surface area contributed by atoms with Gasteiger partial charge in [0.15, 0.2) is 5.82 Å². The van der Waals surface area contributed by atoms with E-state index in [1.54, 1.807) is 17.9 Å². The number of nitrogens with zero attached hydrogens (tertiary/aromatic N) is 4. The summed E-state index contributed by atoms with van der Waals surface area (Å²) in [5.41, 5.74) is 3.24. The molecular weight excluding hydrogens is 528 g/mol. The van der Waals surface area contributed by atoms with Gasteiger partial charge in [0.2, 0.25) is 5.92 Å². The summed E-state index contributed by atoms with van der Waals surface area (Å²) in [5, 5.41) is 20.5. The second kappa shape index (κ2) is 11.0. The van der Waals surface area contributed by atoms with Gasteiger partial charge in [-0.3, -0.25) is 4.79 Å². The van der Waals surface area contributed by atoms with Crippen molar-refractivity contribution in [3.05, 3.63) is 65.2 Å². The molecule has 0 saturated carbocycles. The third-order valence-electron chi connectivity index (χ3n) is 6.55. The number of alkyl halides is 2. The summed E-state index contributed by atoms with van der Waals surface area (Å²) in [6.45, 7) is 3.98. The Kier molecular flexibility index (Phi) is 7.96. The molecule has 1 aliphatic rings. The minimum atomic E-state index is -3.25. The Morgan fingerprint density at radius 2 is 1.79 bits per heavy atom. The summed E-state index contributed by atoms with van der Waals surface area (Å²) in [7, 11) is -3.25. The zero-order valence-corrected chi connectivity index (χ0v) is 22.6. The highest BCUT2D eigenvalue weighted by Crippen LogP contribution is 2.34. The molecule has 2 amide bonds. The lowest BCUT2D eigenvalue weighted by molar-refractivity contribution is -0.0102. The van der Waals surface area contributed by atoms with Crippen molar-refractivity contribution in [2.45, 2.75) is 43.9 Å². The van der Waals surface area contributed by atoms with Crippen LogP contribution >= 0.6 is 0 Å². The molecule has 3 aromatic rings. The number of anilines is 2. The number of rotatable bonds is 5. The van der Waals surface area contributed by atoms with E-state index >= 15 is 0 Å². The van der Waals surface area contributed by atoms with E-state index in [2.05, 4.69) is 19.9 Å². The molecule has 206 valence electrons. The maximum absolute atomic E-state index is 14.1. The molecule has 9 nitrogen and oxygen atoms in total. The number of hydrogen-bond donors (Lipinski definition) is 2. The number of carbonyl (C=O) groups excluding carboxylic acids is 1. The van der Waals surface area contributed by atoms with Gasteiger partial charge >= 0.3 is 6.09 Å². The lowest BCUT2D eigenvalue weighted by Crippen LogP contribution is -2.30. The third kappa shape index (κ3) is 6.56. The topological polar surface area (TPSA) is 125 Å². The van der Waals surface area contributed by atoms with Crippen molar-refractivity contribution in [1.82, 2.24) is 10.2 Å². The molecule has 1 fully saturated rings. The molecule has 2 N–H and O–H groups in total. The summed E-state index contributed by atoms with van der Waals surface area (Å²) in [4.78, 5) is 26.5. The van der Waals surface area contributed by atoms with Gasteiger partial charge < -0.3 is 15.3 Å². The molecular formula is C27H29F2N5O4S. The first-order chi connectivity index (χ1) is 18.4. The highest BCUT2D eigenvalue weighted by atomic mass is 32.2. The van der Waals surface area contributed by atoms with Crippen molar-refractivity contribution in [2.24, 2.45) is 4.36 Å². The van der Waals surface area contributed by atoms with Crippen LogP contribution in [0.5, 0.6) is 0 Å². The highest BCUT2D eigenvalue weighted by Gasteiger charge is 2.34. The molecule has 2 aromatic carbocycles. The SMILES string of the molecule is Cc1ccc(-c2nnc(N3CCCC(F)(F)CC3)c(C(=O)Nc3cccc(S(C)(=O)=NC(=O)O)c3)c2C)cc1. The van der Waals surface area contributed by atoms with E-state index in [0.29, 0.717) is 11.3 Å². The molecule has 39 heavy (non-hydrogen) atoms. The molecule has 12 heteroatoms. The van der Waals surface area contributed by atoms with Crippen molar-refractivity contribution < 1.29 is 27.7 Å². The maximum atomic E-state index is 14.1. The number of halogens is 2. The number of amides is 2. The standard InChI is InChI=1S/C27H29F2N5O4S/c1-17-8-10-19(11-9-17)23-18(2)22(24(32-31-23)34-14-5-12-27(28,29)13-15-34)25(35)30-20-6-4-7-21(16-20)39(3,38)33-26(36)37/h4,6-11,16H,5,12-15H2,1-3H3,(H,30,35)(H,36,37). The van der Waals surface area contributed by atoms with Crippen molar-refractivity contribution in [3.63, 3.8) is 0 Å². The van der Waals surface area contributed by atoms with E-state index < -0.39 is 27.7 Å². The lowest BCUT2D eigenvalue weighted by Gasteiger charge is -2.25. The normalized spacial score (nSPS) is 16.6. The Labute approximate surface area is 225 Å². The molecule has 2 heterocycles. The number of aromatic nitrogens is 2.